The molecule has 0 bridgehead atoms. The summed E-state index contributed by atoms with van der Waals surface area (Å²) in [5.74, 6) is -1.20. The van der Waals surface area contributed by atoms with Gasteiger partial charge in [0.05, 0.1) is 17.5 Å². The Kier molecular flexibility index (Phi) is 4.34. The van der Waals surface area contributed by atoms with Crippen molar-refractivity contribution in [2.24, 2.45) is 0 Å². The Hall–Kier alpha value is -1.95. The number of carboxylic acids is 1. The number of amides is 1. The molecule has 6 heteroatoms. The normalized spacial score (nSPS) is 17.4. The largest absolute Gasteiger partial charge is 0.481 e. The van der Waals surface area contributed by atoms with E-state index in [1.165, 1.54) is 6.20 Å². The van der Waals surface area contributed by atoms with E-state index < -0.39 is 11.5 Å². The van der Waals surface area contributed by atoms with Crippen LogP contribution in [-0.2, 0) is 9.53 Å². The fraction of sp³-hybridized carbons (Fsp3) is 0.500. The first-order chi connectivity index (χ1) is 9.52. The summed E-state index contributed by atoms with van der Waals surface area (Å²) in [6, 6.07) is 1.75. The first-order valence-corrected chi connectivity index (χ1v) is 6.55. The highest BCUT2D eigenvalue weighted by molar-refractivity contribution is 5.96. The van der Waals surface area contributed by atoms with Gasteiger partial charge in [-0.1, -0.05) is 0 Å². The first kappa shape index (κ1) is 14.5. The fourth-order valence-electron chi connectivity index (χ4n) is 2.41. The van der Waals surface area contributed by atoms with Crippen molar-refractivity contribution in [3.63, 3.8) is 0 Å². The van der Waals surface area contributed by atoms with Gasteiger partial charge in [0.15, 0.2) is 0 Å². The summed E-state index contributed by atoms with van der Waals surface area (Å²) in [6.07, 6.45) is 4.03. The number of hydrogen-bond donors (Lipinski definition) is 2. The molecule has 1 amide bonds. The molecule has 20 heavy (non-hydrogen) atoms. The van der Waals surface area contributed by atoms with E-state index in [1.54, 1.807) is 12.3 Å². The lowest BCUT2D eigenvalue weighted by atomic mass is 9.86. The molecule has 0 atom stereocenters. The summed E-state index contributed by atoms with van der Waals surface area (Å²) < 4.78 is 5.26. The van der Waals surface area contributed by atoms with Gasteiger partial charge in [-0.05, 0) is 31.4 Å². The van der Waals surface area contributed by atoms with E-state index in [0.29, 0.717) is 31.6 Å². The second-order valence-electron chi connectivity index (χ2n) is 5.11. The van der Waals surface area contributed by atoms with Crippen LogP contribution >= 0.6 is 0 Å². The highest BCUT2D eigenvalue weighted by Gasteiger charge is 2.36. The van der Waals surface area contributed by atoms with Crippen LogP contribution in [0.1, 0.15) is 35.2 Å². The van der Waals surface area contributed by atoms with E-state index in [9.17, 15) is 9.59 Å². The SMILES string of the molecule is Cc1ccncc1C(=O)NC1(CC(=O)O)CCOCC1. The van der Waals surface area contributed by atoms with Gasteiger partial charge in [0, 0.05) is 25.6 Å². The molecule has 1 aromatic heterocycles. The first-order valence-electron chi connectivity index (χ1n) is 6.55. The molecule has 0 saturated carbocycles. The number of ether oxygens (including phenoxy) is 1. The third-order valence-electron chi connectivity index (χ3n) is 3.60. The van der Waals surface area contributed by atoms with Gasteiger partial charge in [0.1, 0.15) is 0 Å². The van der Waals surface area contributed by atoms with E-state index in [0.717, 1.165) is 5.56 Å². The predicted molar refractivity (Wildman–Crippen MR) is 71.5 cm³/mol. The number of aryl methyl sites for hydroxylation is 1. The van der Waals surface area contributed by atoms with Gasteiger partial charge in [-0.3, -0.25) is 14.6 Å². The summed E-state index contributed by atoms with van der Waals surface area (Å²) in [5, 5.41) is 11.9. The molecular weight excluding hydrogens is 260 g/mol. The molecule has 1 saturated heterocycles. The number of carboxylic acid groups (broad SMARTS) is 1. The van der Waals surface area contributed by atoms with Gasteiger partial charge in [-0.2, -0.15) is 0 Å². The molecular formula is C14H18N2O4. The second-order valence-corrected chi connectivity index (χ2v) is 5.11. The van der Waals surface area contributed by atoms with Crippen molar-refractivity contribution < 1.29 is 19.4 Å². The molecule has 1 aliphatic heterocycles. The topological polar surface area (TPSA) is 88.5 Å². The van der Waals surface area contributed by atoms with Crippen LogP contribution in [0.5, 0.6) is 0 Å². The van der Waals surface area contributed by atoms with Crippen LogP contribution in [-0.4, -0.2) is 40.7 Å². The van der Waals surface area contributed by atoms with Crippen molar-refractivity contribution in [2.45, 2.75) is 31.7 Å². The average Bonchev–Trinajstić information content (AvgIpc) is 2.39. The summed E-state index contributed by atoms with van der Waals surface area (Å²) in [4.78, 5) is 27.3. The van der Waals surface area contributed by atoms with E-state index in [4.69, 9.17) is 9.84 Å². The van der Waals surface area contributed by atoms with Crippen molar-refractivity contribution in [1.29, 1.82) is 0 Å². The number of carbonyl (C=O) groups is 2. The summed E-state index contributed by atoms with van der Waals surface area (Å²) >= 11 is 0. The number of pyridine rings is 1. The van der Waals surface area contributed by atoms with Gasteiger partial charge < -0.3 is 15.2 Å². The summed E-state index contributed by atoms with van der Waals surface area (Å²) in [5.41, 5.74) is 0.558. The minimum absolute atomic E-state index is 0.0958. The minimum Gasteiger partial charge on any atom is -0.481 e. The van der Waals surface area contributed by atoms with E-state index in [2.05, 4.69) is 10.3 Å². The molecule has 0 unspecified atom stereocenters. The van der Waals surface area contributed by atoms with Crippen molar-refractivity contribution in [3.8, 4) is 0 Å². The smallest absolute Gasteiger partial charge is 0.305 e. The number of nitrogens with one attached hydrogen (secondary N) is 1. The number of aliphatic carboxylic acids is 1. The Balaban J connectivity index is 2.17. The Morgan fingerprint density at radius 2 is 2.15 bits per heavy atom. The summed E-state index contributed by atoms with van der Waals surface area (Å²) in [7, 11) is 0. The van der Waals surface area contributed by atoms with Crippen molar-refractivity contribution in [2.75, 3.05) is 13.2 Å². The van der Waals surface area contributed by atoms with Gasteiger partial charge >= 0.3 is 5.97 Å². The number of hydrogen-bond acceptors (Lipinski definition) is 4. The number of carbonyl (C=O) groups excluding carboxylic acids is 1. The maximum Gasteiger partial charge on any atom is 0.305 e. The van der Waals surface area contributed by atoms with Crippen molar-refractivity contribution in [1.82, 2.24) is 10.3 Å². The Bertz CT molecular complexity index is 510. The third-order valence-corrected chi connectivity index (χ3v) is 3.60. The van der Waals surface area contributed by atoms with Crippen LogP contribution in [0.25, 0.3) is 0 Å². The van der Waals surface area contributed by atoms with Gasteiger partial charge in [-0.25, -0.2) is 0 Å². The number of nitrogens with zero attached hydrogens (tertiary/aromatic N) is 1. The quantitative estimate of drug-likeness (QED) is 0.862. The lowest BCUT2D eigenvalue weighted by molar-refractivity contribution is -0.139. The predicted octanol–water partition coefficient (Wildman–Crippen LogP) is 1.14. The lowest BCUT2D eigenvalue weighted by Crippen LogP contribution is -2.53. The van der Waals surface area contributed by atoms with E-state index in [-0.39, 0.29) is 12.3 Å². The molecule has 0 radical (unpaired) electrons. The standard InChI is InChI=1S/C14H18N2O4/c1-10-2-5-15-9-11(10)13(19)16-14(8-12(17)18)3-6-20-7-4-14/h2,5,9H,3-4,6-8H2,1H3,(H,16,19)(H,17,18). The average molecular weight is 278 g/mol. The van der Waals surface area contributed by atoms with E-state index in [1.807, 2.05) is 6.92 Å². The highest BCUT2D eigenvalue weighted by atomic mass is 16.5. The maximum absolute atomic E-state index is 12.3. The second kappa shape index (κ2) is 6.00. The fourth-order valence-corrected chi connectivity index (χ4v) is 2.41. The number of aromatic nitrogens is 1. The Labute approximate surface area is 117 Å². The zero-order chi connectivity index (χ0) is 14.6. The van der Waals surface area contributed by atoms with Crippen LogP contribution in [0.4, 0.5) is 0 Å². The van der Waals surface area contributed by atoms with Gasteiger partial charge in [0.25, 0.3) is 5.91 Å². The Morgan fingerprint density at radius 3 is 2.75 bits per heavy atom. The van der Waals surface area contributed by atoms with Crippen LogP contribution in [0.2, 0.25) is 0 Å². The molecule has 1 aliphatic rings. The highest BCUT2D eigenvalue weighted by Crippen LogP contribution is 2.25. The van der Waals surface area contributed by atoms with Crippen molar-refractivity contribution >= 4 is 11.9 Å². The van der Waals surface area contributed by atoms with E-state index >= 15 is 0 Å². The molecule has 6 nitrogen and oxygen atoms in total. The molecule has 0 aromatic carbocycles. The molecule has 2 rings (SSSR count). The maximum atomic E-state index is 12.3. The van der Waals surface area contributed by atoms with Gasteiger partial charge in [0.2, 0.25) is 0 Å². The van der Waals surface area contributed by atoms with Crippen LogP contribution in [0.15, 0.2) is 18.5 Å². The molecule has 108 valence electrons. The summed E-state index contributed by atoms with van der Waals surface area (Å²) in [6.45, 7) is 2.74. The molecule has 0 aliphatic carbocycles. The third kappa shape index (κ3) is 3.33. The zero-order valence-corrected chi connectivity index (χ0v) is 11.4. The molecule has 2 N–H and O–H groups in total. The molecule has 1 aromatic rings. The van der Waals surface area contributed by atoms with Gasteiger partial charge in [-0.15, -0.1) is 0 Å². The monoisotopic (exact) mass is 278 g/mol. The molecule has 2 heterocycles. The lowest BCUT2D eigenvalue weighted by Gasteiger charge is -2.36. The zero-order valence-electron chi connectivity index (χ0n) is 11.4. The molecule has 0 spiro atoms. The minimum atomic E-state index is -0.921. The Morgan fingerprint density at radius 1 is 1.45 bits per heavy atom. The van der Waals surface area contributed by atoms with Crippen LogP contribution in [0.3, 0.4) is 0 Å². The van der Waals surface area contributed by atoms with Crippen LogP contribution in [0, 0.1) is 6.92 Å². The molecule has 1 fully saturated rings. The van der Waals surface area contributed by atoms with Crippen molar-refractivity contribution in [3.05, 3.63) is 29.6 Å². The van der Waals surface area contributed by atoms with Crippen LogP contribution < -0.4 is 5.32 Å². The number of rotatable bonds is 4.